The largest absolute Gasteiger partial charge is 0.493 e. The zero-order chi connectivity index (χ0) is 17.6. The van der Waals surface area contributed by atoms with Crippen molar-refractivity contribution < 1.29 is 18.9 Å². The van der Waals surface area contributed by atoms with Crippen LogP contribution in [0.1, 0.15) is 22.7 Å². The van der Waals surface area contributed by atoms with Crippen LogP contribution in [0.15, 0.2) is 18.2 Å². The maximum atomic E-state index is 5.77. The molecule has 2 aromatic carbocycles. The van der Waals surface area contributed by atoms with E-state index in [0.29, 0.717) is 0 Å². The Labute approximate surface area is 147 Å². The van der Waals surface area contributed by atoms with E-state index in [4.69, 9.17) is 18.9 Å². The molecule has 1 N–H and O–H groups in total. The van der Waals surface area contributed by atoms with Crippen molar-refractivity contribution in [1.82, 2.24) is 5.32 Å². The van der Waals surface area contributed by atoms with E-state index in [1.165, 1.54) is 16.7 Å². The van der Waals surface area contributed by atoms with Gasteiger partial charge in [0.15, 0.2) is 23.0 Å². The third-order valence-corrected chi connectivity index (χ3v) is 5.23. The first-order chi connectivity index (χ1) is 12.2. The van der Waals surface area contributed by atoms with Gasteiger partial charge >= 0.3 is 0 Å². The Morgan fingerprint density at radius 1 is 0.840 bits per heavy atom. The van der Waals surface area contributed by atoms with E-state index >= 15 is 0 Å². The highest BCUT2D eigenvalue weighted by molar-refractivity contribution is 5.85. The lowest BCUT2D eigenvalue weighted by molar-refractivity contribution is 0.350. The molecule has 2 aliphatic rings. The molecule has 0 aromatic heterocycles. The lowest BCUT2D eigenvalue weighted by Crippen LogP contribution is -2.34. The number of methoxy groups -OCH3 is 4. The van der Waals surface area contributed by atoms with E-state index in [0.717, 1.165) is 53.5 Å². The molecule has 0 bridgehead atoms. The molecule has 0 fully saturated rings. The van der Waals surface area contributed by atoms with Crippen LogP contribution < -0.4 is 24.3 Å². The number of hydrogen-bond donors (Lipinski definition) is 1. The highest BCUT2D eigenvalue weighted by atomic mass is 16.5. The van der Waals surface area contributed by atoms with Crippen molar-refractivity contribution in [1.29, 1.82) is 0 Å². The molecule has 0 spiro atoms. The monoisotopic (exact) mass is 341 g/mol. The molecule has 1 heterocycles. The quantitative estimate of drug-likeness (QED) is 0.926. The summed E-state index contributed by atoms with van der Waals surface area (Å²) in [5.74, 6) is 3.03. The molecule has 5 nitrogen and oxygen atoms in total. The highest BCUT2D eigenvalue weighted by Crippen LogP contribution is 2.52. The van der Waals surface area contributed by atoms with Crippen LogP contribution in [0.5, 0.6) is 23.0 Å². The highest BCUT2D eigenvalue weighted by Gasteiger charge is 2.34. The van der Waals surface area contributed by atoms with E-state index in [2.05, 4.69) is 23.5 Å². The smallest absolute Gasteiger partial charge is 0.168 e. The topological polar surface area (TPSA) is 49.0 Å². The Morgan fingerprint density at radius 3 is 2.20 bits per heavy atom. The summed E-state index contributed by atoms with van der Waals surface area (Å²) in [5.41, 5.74) is 6.11. The summed E-state index contributed by atoms with van der Waals surface area (Å²) in [4.78, 5) is 0. The number of fused-ring (bicyclic) bond motifs is 2. The van der Waals surface area contributed by atoms with E-state index in [1.54, 1.807) is 28.4 Å². The Morgan fingerprint density at radius 2 is 1.52 bits per heavy atom. The van der Waals surface area contributed by atoms with Crippen molar-refractivity contribution in [2.24, 2.45) is 0 Å². The van der Waals surface area contributed by atoms with Gasteiger partial charge in [-0.1, -0.05) is 0 Å². The zero-order valence-electron chi connectivity index (χ0n) is 15.1. The van der Waals surface area contributed by atoms with Crippen molar-refractivity contribution in [3.8, 4) is 34.1 Å². The van der Waals surface area contributed by atoms with Crippen molar-refractivity contribution in [2.45, 2.75) is 18.9 Å². The van der Waals surface area contributed by atoms with Crippen LogP contribution in [0.2, 0.25) is 0 Å². The van der Waals surface area contributed by atoms with Crippen LogP contribution in [-0.4, -0.2) is 35.0 Å². The van der Waals surface area contributed by atoms with Gasteiger partial charge in [-0.3, -0.25) is 0 Å². The minimum atomic E-state index is 0.282. The molecule has 0 saturated heterocycles. The van der Waals surface area contributed by atoms with Crippen LogP contribution in [0, 0.1) is 0 Å². The average molecular weight is 341 g/mol. The third-order valence-electron chi connectivity index (χ3n) is 5.23. The fourth-order valence-electron chi connectivity index (χ4n) is 4.13. The molecule has 1 aliphatic carbocycles. The number of ether oxygens (including phenoxy) is 4. The molecule has 1 atom stereocenters. The minimum Gasteiger partial charge on any atom is -0.493 e. The third kappa shape index (κ3) is 2.34. The van der Waals surface area contributed by atoms with Gasteiger partial charge in [-0.25, -0.2) is 0 Å². The van der Waals surface area contributed by atoms with Crippen molar-refractivity contribution in [3.05, 3.63) is 34.9 Å². The molecule has 0 radical (unpaired) electrons. The lowest BCUT2D eigenvalue weighted by atomic mass is 9.77. The lowest BCUT2D eigenvalue weighted by Gasteiger charge is -2.36. The van der Waals surface area contributed by atoms with Crippen molar-refractivity contribution in [3.63, 3.8) is 0 Å². The van der Waals surface area contributed by atoms with Gasteiger partial charge in [0, 0.05) is 11.6 Å². The maximum absolute atomic E-state index is 5.77. The first-order valence-electron chi connectivity index (χ1n) is 8.48. The number of benzene rings is 2. The number of nitrogens with one attached hydrogen (secondary N) is 1. The van der Waals surface area contributed by atoms with Gasteiger partial charge in [0.2, 0.25) is 0 Å². The second-order valence-electron chi connectivity index (χ2n) is 6.39. The van der Waals surface area contributed by atoms with Gasteiger partial charge < -0.3 is 24.3 Å². The van der Waals surface area contributed by atoms with Crippen LogP contribution in [0.4, 0.5) is 0 Å². The summed E-state index contributed by atoms with van der Waals surface area (Å²) in [5, 5.41) is 3.64. The van der Waals surface area contributed by atoms with E-state index in [9.17, 15) is 0 Å². The molecule has 2 aromatic rings. The summed E-state index contributed by atoms with van der Waals surface area (Å²) >= 11 is 0. The first kappa shape index (κ1) is 16.1. The Bertz CT molecular complexity index is 831. The van der Waals surface area contributed by atoms with Gasteiger partial charge in [-0.15, -0.1) is 0 Å². The molecule has 5 heteroatoms. The standard InChI is InChI=1S/C20H23NO4/c1-22-15-9-12-7-14-18-11(5-6-21-14)8-17(24-3)20(25-4)19(18)13(12)10-16(15)23-2/h8-10,14,21H,5-7H2,1-4H3. The van der Waals surface area contributed by atoms with Crippen LogP contribution in [0.3, 0.4) is 0 Å². The van der Waals surface area contributed by atoms with E-state index < -0.39 is 0 Å². The predicted octanol–water partition coefficient (Wildman–Crippen LogP) is 3.13. The summed E-state index contributed by atoms with van der Waals surface area (Å²) in [6, 6.07) is 6.53. The molecule has 1 aliphatic heterocycles. The Balaban J connectivity index is 2.05. The van der Waals surface area contributed by atoms with Crippen molar-refractivity contribution >= 4 is 0 Å². The fourth-order valence-corrected chi connectivity index (χ4v) is 4.13. The van der Waals surface area contributed by atoms with Crippen LogP contribution in [0.25, 0.3) is 11.1 Å². The SMILES string of the molecule is COc1cc2c(cc1OC)-c1c(OC)c(OC)cc3c1C(C2)NCC3. The Kier molecular flexibility index (Phi) is 3.96. The van der Waals surface area contributed by atoms with E-state index in [-0.39, 0.29) is 6.04 Å². The summed E-state index contributed by atoms with van der Waals surface area (Å²) in [7, 11) is 6.71. The summed E-state index contributed by atoms with van der Waals surface area (Å²) in [6.07, 6.45) is 1.91. The molecule has 1 unspecified atom stereocenters. The second kappa shape index (κ2) is 6.15. The van der Waals surface area contributed by atoms with Crippen molar-refractivity contribution in [2.75, 3.05) is 35.0 Å². The average Bonchev–Trinajstić information content (AvgIpc) is 2.66. The Hall–Kier alpha value is -2.40. The normalized spacial score (nSPS) is 17.4. The van der Waals surface area contributed by atoms with Gasteiger partial charge in [-0.05, 0) is 59.8 Å². The molecule has 132 valence electrons. The zero-order valence-corrected chi connectivity index (χ0v) is 15.1. The summed E-state index contributed by atoms with van der Waals surface area (Å²) in [6.45, 7) is 0.967. The predicted molar refractivity (Wildman–Crippen MR) is 96.2 cm³/mol. The van der Waals surface area contributed by atoms with Gasteiger partial charge in [0.1, 0.15) is 0 Å². The number of hydrogen-bond acceptors (Lipinski definition) is 5. The maximum Gasteiger partial charge on any atom is 0.168 e. The van der Waals surface area contributed by atoms with Gasteiger partial charge in [0.25, 0.3) is 0 Å². The molecule has 0 saturated carbocycles. The summed E-state index contributed by atoms with van der Waals surface area (Å²) < 4.78 is 22.4. The molecular formula is C20H23NO4. The molecule has 0 amide bonds. The van der Waals surface area contributed by atoms with Crippen LogP contribution >= 0.6 is 0 Å². The molecule has 4 rings (SSSR count). The van der Waals surface area contributed by atoms with Gasteiger partial charge in [-0.2, -0.15) is 0 Å². The fraction of sp³-hybridized carbons (Fsp3) is 0.400. The molecular weight excluding hydrogens is 318 g/mol. The first-order valence-corrected chi connectivity index (χ1v) is 8.48. The van der Waals surface area contributed by atoms with Gasteiger partial charge in [0.05, 0.1) is 28.4 Å². The van der Waals surface area contributed by atoms with E-state index in [1.807, 2.05) is 0 Å². The second-order valence-corrected chi connectivity index (χ2v) is 6.39. The minimum absolute atomic E-state index is 0.282. The number of rotatable bonds is 4. The van der Waals surface area contributed by atoms with Crippen LogP contribution in [-0.2, 0) is 12.8 Å². The molecule has 25 heavy (non-hydrogen) atoms.